The minimum Gasteiger partial charge on any atom is -0.508 e. The van der Waals surface area contributed by atoms with E-state index in [4.69, 9.17) is 4.74 Å². The molecule has 1 heterocycles. The van der Waals surface area contributed by atoms with Crippen LogP contribution in [-0.2, 0) is 17.9 Å². The average Bonchev–Trinajstić information content (AvgIpc) is 2.71. The van der Waals surface area contributed by atoms with Gasteiger partial charge in [-0.2, -0.15) is 5.10 Å². The van der Waals surface area contributed by atoms with Crippen molar-refractivity contribution in [1.82, 2.24) is 9.78 Å². The van der Waals surface area contributed by atoms with E-state index in [9.17, 15) is 5.11 Å². The summed E-state index contributed by atoms with van der Waals surface area (Å²) in [5, 5.41) is 15.2. The molecular weight excluding hydrogens is 268 g/mol. The number of rotatable bonds is 6. The van der Waals surface area contributed by atoms with Crippen molar-refractivity contribution in [3.63, 3.8) is 0 Å². The van der Waals surface area contributed by atoms with Gasteiger partial charge >= 0.3 is 0 Å². The largest absolute Gasteiger partial charge is 0.508 e. The number of aromatic nitrogens is 2. The Morgan fingerprint density at radius 2 is 2.05 bits per heavy atom. The van der Waals surface area contributed by atoms with Gasteiger partial charge in [0.1, 0.15) is 12.5 Å². The van der Waals surface area contributed by atoms with Crippen LogP contribution in [0.4, 0.5) is 0 Å². The summed E-state index contributed by atoms with van der Waals surface area (Å²) in [6.45, 7) is 10.4. The van der Waals surface area contributed by atoms with Crippen LogP contribution in [-0.4, -0.2) is 29.6 Å². The van der Waals surface area contributed by atoms with E-state index in [-0.39, 0.29) is 5.75 Å². The van der Waals surface area contributed by atoms with Crippen molar-refractivity contribution in [2.45, 2.75) is 45.8 Å². The number of hydrogen-bond acceptors (Lipinski definition) is 3. The van der Waals surface area contributed by atoms with E-state index in [0.29, 0.717) is 6.73 Å². The highest BCUT2D eigenvalue weighted by Crippen LogP contribution is 2.23. The third kappa shape index (κ3) is 3.61. The molecule has 0 aliphatic heterocycles. The highest BCUT2D eigenvalue weighted by atomic mass is 28.3. The fraction of sp³-hybridized carbons (Fsp3) is 0.533. The van der Waals surface area contributed by atoms with E-state index in [1.54, 1.807) is 12.1 Å². The lowest BCUT2D eigenvalue weighted by Crippen LogP contribution is -2.22. The zero-order valence-corrected chi connectivity index (χ0v) is 13.8. The molecule has 0 atom stereocenters. The van der Waals surface area contributed by atoms with Crippen LogP contribution in [0.5, 0.6) is 5.75 Å². The number of phenolic OH excluding ortho intramolecular Hbond substituents is 1. The number of fused-ring (bicyclic) bond motifs is 1. The summed E-state index contributed by atoms with van der Waals surface area (Å²) in [5.41, 5.74) is 2.03. The maximum atomic E-state index is 9.60. The molecule has 1 aromatic heterocycles. The molecule has 0 saturated carbocycles. The molecule has 2 aromatic rings. The Labute approximate surface area is 121 Å². The van der Waals surface area contributed by atoms with E-state index >= 15 is 0 Å². The van der Waals surface area contributed by atoms with Gasteiger partial charge in [-0.15, -0.1) is 0 Å². The summed E-state index contributed by atoms with van der Waals surface area (Å²) in [6.07, 6.45) is 0.849. The quantitative estimate of drug-likeness (QED) is 0.653. The van der Waals surface area contributed by atoms with Gasteiger partial charge in [0, 0.05) is 20.1 Å². The maximum Gasteiger partial charge on any atom is 0.140 e. The number of hydrogen-bond donors (Lipinski definition) is 1. The van der Waals surface area contributed by atoms with Crippen molar-refractivity contribution in [1.29, 1.82) is 0 Å². The second-order valence-electron chi connectivity index (χ2n) is 6.35. The van der Waals surface area contributed by atoms with Gasteiger partial charge in [-0.3, -0.25) is 0 Å². The van der Waals surface area contributed by atoms with Gasteiger partial charge in [-0.25, -0.2) is 4.68 Å². The molecule has 0 aliphatic carbocycles. The average molecular weight is 292 g/mol. The Morgan fingerprint density at radius 3 is 2.70 bits per heavy atom. The van der Waals surface area contributed by atoms with Crippen LogP contribution < -0.4 is 0 Å². The van der Waals surface area contributed by atoms with Gasteiger partial charge in [-0.1, -0.05) is 26.6 Å². The lowest BCUT2D eigenvalue weighted by Gasteiger charge is -2.15. The lowest BCUT2D eigenvalue weighted by molar-refractivity contribution is 0.0814. The normalized spacial score (nSPS) is 12.2. The molecule has 0 spiro atoms. The second kappa shape index (κ2) is 5.97. The molecule has 0 fully saturated rings. The van der Waals surface area contributed by atoms with Crippen molar-refractivity contribution in [2.24, 2.45) is 0 Å². The first-order valence-electron chi connectivity index (χ1n) is 7.17. The molecule has 1 aromatic carbocycles. The Hall–Kier alpha value is -1.33. The molecule has 0 saturated heterocycles. The van der Waals surface area contributed by atoms with Crippen molar-refractivity contribution >= 4 is 19.0 Å². The lowest BCUT2D eigenvalue weighted by atomic mass is 10.2. The third-order valence-corrected chi connectivity index (χ3v) is 5.06. The number of aryl methyl sites for hydroxylation is 1. The summed E-state index contributed by atoms with van der Waals surface area (Å²) in [5.74, 6) is 0.284. The molecule has 0 amide bonds. The summed E-state index contributed by atoms with van der Waals surface area (Å²) in [6, 6.07) is 6.54. The standard InChI is InChI=1S/C15H24N2O2Si/c1-5-14-13-10-12(18)6-7-15(13)17(16-14)11-19-8-9-20(2,3)4/h6-7,10,18H,5,8-9,11H2,1-4H3. The highest BCUT2D eigenvalue weighted by molar-refractivity contribution is 6.76. The van der Waals surface area contributed by atoms with Gasteiger partial charge in [0.05, 0.1) is 11.2 Å². The summed E-state index contributed by atoms with van der Waals surface area (Å²) < 4.78 is 7.65. The molecule has 0 unspecified atom stereocenters. The Kier molecular flexibility index (Phi) is 4.50. The first-order chi connectivity index (χ1) is 9.40. The predicted molar refractivity (Wildman–Crippen MR) is 84.9 cm³/mol. The smallest absolute Gasteiger partial charge is 0.140 e. The van der Waals surface area contributed by atoms with Gasteiger partial charge < -0.3 is 9.84 Å². The monoisotopic (exact) mass is 292 g/mol. The molecule has 110 valence electrons. The number of benzene rings is 1. The zero-order chi connectivity index (χ0) is 14.8. The predicted octanol–water partition coefficient (Wildman–Crippen LogP) is 3.62. The van der Waals surface area contributed by atoms with Gasteiger partial charge in [0.2, 0.25) is 0 Å². The van der Waals surface area contributed by atoms with Gasteiger partial charge in [-0.05, 0) is 30.7 Å². The van der Waals surface area contributed by atoms with Crippen LogP contribution in [0.2, 0.25) is 25.7 Å². The first kappa shape index (κ1) is 15.1. The molecule has 0 aliphatic rings. The minimum absolute atomic E-state index is 0.284. The van der Waals surface area contributed by atoms with Crippen LogP contribution in [0.3, 0.4) is 0 Å². The third-order valence-electron chi connectivity index (χ3n) is 3.36. The van der Waals surface area contributed by atoms with Crippen molar-refractivity contribution in [3.8, 4) is 5.75 Å². The van der Waals surface area contributed by atoms with Crippen LogP contribution in [0, 0.1) is 0 Å². The molecule has 2 rings (SSSR count). The molecule has 5 heteroatoms. The maximum absolute atomic E-state index is 9.60. The SMILES string of the molecule is CCc1nn(COCC[Si](C)(C)C)c2ccc(O)cc12. The van der Waals surface area contributed by atoms with Crippen LogP contribution in [0.1, 0.15) is 12.6 Å². The topological polar surface area (TPSA) is 47.3 Å². The fourth-order valence-corrected chi connectivity index (χ4v) is 2.88. The Bertz CT molecular complexity index is 587. The summed E-state index contributed by atoms with van der Waals surface area (Å²) in [7, 11) is -1.05. The molecule has 0 radical (unpaired) electrons. The summed E-state index contributed by atoms with van der Waals surface area (Å²) >= 11 is 0. The number of aromatic hydroxyl groups is 1. The number of phenols is 1. The van der Waals surface area contributed by atoms with E-state index in [2.05, 4.69) is 31.7 Å². The van der Waals surface area contributed by atoms with E-state index < -0.39 is 8.07 Å². The molecular formula is C15H24N2O2Si. The van der Waals surface area contributed by atoms with Crippen molar-refractivity contribution < 1.29 is 9.84 Å². The highest BCUT2D eigenvalue weighted by Gasteiger charge is 2.13. The van der Waals surface area contributed by atoms with Crippen LogP contribution >= 0.6 is 0 Å². The molecule has 0 bridgehead atoms. The minimum atomic E-state index is -1.05. The number of nitrogens with zero attached hydrogens (tertiary/aromatic N) is 2. The van der Waals surface area contributed by atoms with Gasteiger partial charge in [0.25, 0.3) is 0 Å². The zero-order valence-electron chi connectivity index (χ0n) is 12.8. The van der Waals surface area contributed by atoms with Gasteiger partial charge in [0.15, 0.2) is 0 Å². The van der Waals surface area contributed by atoms with E-state index in [1.807, 2.05) is 10.7 Å². The molecule has 20 heavy (non-hydrogen) atoms. The van der Waals surface area contributed by atoms with Crippen molar-refractivity contribution in [3.05, 3.63) is 23.9 Å². The van der Waals surface area contributed by atoms with Crippen molar-refractivity contribution in [2.75, 3.05) is 6.61 Å². The molecule has 1 N–H and O–H groups in total. The van der Waals surface area contributed by atoms with Crippen LogP contribution in [0.25, 0.3) is 10.9 Å². The molecule has 4 nitrogen and oxygen atoms in total. The summed E-state index contributed by atoms with van der Waals surface area (Å²) in [4.78, 5) is 0. The fourth-order valence-electron chi connectivity index (χ4n) is 2.12. The Balaban J connectivity index is 2.10. The second-order valence-corrected chi connectivity index (χ2v) is 12.0. The van der Waals surface area contributed by atoms with Crippen LogP contribution in [0.15, 0.2) is 18.2 Å². The first-order valence-corrected chi connectivity index (χ1v) is 10.9. The van der Waals surface area contributed by atoms with E-state index in [0.717, 1.165) is 35.7 Å². The number of ether oxygens (including phenoxy) is 1. The van der Waals surface area contributed by atoms with E-state index in [1.165, 1.54) is 0 Å². The Morgan fingerprint density at radius 1 is 1.30 bits per heavy atom.